The van der Waals surface area contributed by atoms with Crippen molar-refractivity contribution in [3.8, 4) is 11.1 Å². The monoisotopic (exact) mass is 469 g/mol. The molecule has 5 rings (SSSR count). The first-order chi connectivity index (χ1) is 15.5. The average Bonchev–Trinajstić information content (AvgIpc) is 3.18. The van der Waals surface area contributed by atoms with Gasteiger partial charge in [0.2, 0.25) is 5.95 Å². The first kappa shape index (κ1) is 21.1. The van der Waals surface area contributed by atoms with Gasteiger partial charge in [-0.05, 0) is 36.6 Å². The highest BCUT2D eigenvalue weighted by atomic mass is 35.5. The summed E-state index contributed by atoms with van der Waals surface area (Å²) in [4.78, 5) is 16.4. The maximum atomic E-state index is 14.9. The van der Waals surface area contributed by atoms with Crippen molar-refractivity contribution >= 4 is 40.2 Å². The van der Waals surface area contributed by atoms with Crippen molar-refractivity contribution in [2.75, 3.05) is 0 Å². The van der Waals surface area contributed by atoms with Gasteiger partial charge in [-0.3, -0.25) is 4.68 Å². The number of aromatic nitrogens is 3. The lowest BCUT2D eigenvalue weighted by Gasteiger charge is -2.10. The summed E-state index contributed by atoms with van der Waals surface area (Å²) < 4.78 is 16.6. The third-order valence-corrected chi connectivity index (χ3v) is 7.24. The zero-order valence-corrected chi connectivity index (χ0v) is 18.9. The van der Waals surface area contributed by atoms with E-state index in [-0.39, 0.29) is 16.9 Å². The molecule has 1 fully saturated rings. The van der Waals surface area contributed by atoms with Crippen LogP contribution in [0.15, 0.2) is 58.6 Å². The third-order valence-electron chi connectivity index (χ3n) is 5.71. The number of aromatic amines is 1. The van der Waals surface area contributed by atoms with E-state index in [4.69, 9.17) is 11.6 Å². The molecule has 2 N–H and O–H groups in total. The highest BCUT2D eigenvalue weighted by Gasteiger charge is 2.39. The third kappa shape index (κ3) is 3.80. The molecule has 8 heteroatoms. The summed E-state index contributed by atoms with van der Waals surface area (Å²) in [5, 5.41) is 14.3. The van der Waals surface area contributed by atoms with Gasteiger partial charge in [0.25, 0.3) is 0 Å². The van der Waals surface area contributed by atoms with E-state index in [0.717, 1.165) is 44.7 Å². The van der Waals surface area contributed by atoms with Crippen molar-refractivity contribution in [1.29, 1.82) is 0 Å². The molecule has 0 spiro atoms. The fourth-order valence-electron chi connectivity index (χ4n) is 4.09. The predicted molar refractivity (Wildman–Crippen MR) is 124 cm³/mol. The van der Waals surface area contributed by atoms with Gasteiger partial charge in [-0.15, -0.1) is 16.7 Å². The lowest BCUT2D eigenvalue weighted by atomic mass is 9.96. The van der Waals surface area contributed by atoms with E-state index in [1.807, 2.05) is 31.3 Å². The normalized spacial score (nSPS) is 17.7. The summed E-state index contributed by atoms with van der Waals surface area (Å²) in [7, 11) is 0. The molecule has 0 saturated heterocycles. The Balaban J connectivity index is 1.62. The van der Waals surface area contributed by atoms with E-state index in [2.05, 4.69) is 10.1 Å². The van der Waals surface area contributed by atoms with Crippen LogP contribution in [-0.2, 0) is 6.54 Å². The van der Waals surface area contributed by atoms with Crippen molar-refractivity contribution in [3.63, 3.8) is 0 Å². The van der Waals surface area contributed by atoms with Gasteiger partial charge in [-0.1, -0.05) is 36.9 Å². The van der Waals surface area contributed by atoms with Gasteiger partial charge in [0.1, 0.15) is 0 Å². The van der Waals surface area contributed by atoms with E-state index in [0.29, 0.717) is 12.1 Å². The second-order valence-corrected chi connectivity index (χ2v) is 9.67. The number of benzene rings is 2. The largest absolute Gasteiger partial charge is 0.478 e. The van der Waals surface area contributed by atoms with Crippen LogP contribution in [0.4, 0.5) is 4.39 Å². The summed E-state index contributed by atoms with van der Waals surface area (Å²) in [5.74, 6) is -1.26. The Hall–Kier alpha value is -2.77. The first-order valence-corrected chi connectivity index (χ1v) is 11.7. The van der Waals surface area contributed by atoms with Gasteiger partial charge in [-0.2, -0.15) is 4.39 Å². The Morgan fingerprint density at radius 3 is 2.91 bits per heavy atom. The Kier molecular flexibility index (Phi) is 5.47. The number of carboxylic acid groups (broad SMARTS) is 1. The van der Waals surface area contributed by atoms with Crippen LogP contribution in [0.3, 0.4) is 0 Å². The minimum atomic E-state index is -0.960. The topological polar surface area (TPSA) is 70.9 Å². The summed E-state index contributed by atoms with van der Waals surface area (Å²) in [5.41, 5.74) is 3.39. The lowest BCUT2D eigenvalue weighted by molar-refractivity contribution is 0.0696. The van der Waals surface area contributed by atoms with Gasteiger partial charge >= 0.3 is 5.97 Å². The molecule has 2 aromatic heterocycles. The van der Waals surface area contributed by atoms with Crippen molar-refractivity contribution in [1.82, 2.24) is 14.8 Å². The molecule has 2 atom stereocenters. The zero-order chi connectivity index (χ0) is 22.4. The Labute approximate surface area is 193 Å². The Bertz CT molecular complexity index is 1330. The van der Waals surface area contributed by atoms with Crippen molar-refractivity contribution in [2.45, 2.75) is 47.4 Å². The van der Waals surface area contributed by atoms with Crippen molar-refractivity contribution in [3.05, 3.63) is 65.9 Å². The van der Waals surface area contributed by atoms with Gasteiger partial charge in [0, 0.05) is 51.0 Å². The Morgan fingerprint density at radius 1 is 1.38 bits per heavy atom. The molecule has 0 amide bonds. The number of carbonyl (C=O) groups is 1. The fraction of sp³-hybridized carbons (Fsp3) is 0.250. The standard InChI is InChI=1S/C24H21ClFN3O2S/c1-2-8-29-12-18(23(26)28-29)21-15(17-10-19(17)25)6-7-16-20(11-27-22(16)21)32-14-5-3-4-13(9-14)24(30)31/h3-7,9,11-12,17,19,27H,2,8,10H2,1H3,(H,30,31). The van der Waals surface area contributed by atoms with Gasteiger partial charge in [0.05, 0.1) is 16.6 Å². The number of aryl methyl sites for hydroxylation is 1. The molecule has 2 unspecified atom stereocenters. The molecule has 2 heterocycles. The number of H-pyrrole nitrogens is 1. The van der Waals surface area contributed by atoms with Crippen LogP contribution in [0.5, 0.6) is 0 Å². The fourth-order valence-corrected chi connectivity index (χ4v) is 5.40. The summed E-state index contributed by atoms with van der Waals surface area (Å²) in [6.45, 7) is 2.68. The number of alkyl halides is 1. The molecular weight excluding hydrogens is 449 g/mol. The van der Waals surface area contributed by atoms with Gasteiger partial charge in [0.15, 0.2) is 0 Å². The number of hydrogen-bond acceptors (Lipinski definition) is 3. The molecule has 4 aromatic rings. The summed E-state index contributed by atoms with van der Waals surface area (Å²) >= 11 is 7.84. The molecular formula is C24H21ClFN3O2S. The zero-order valence-electron chi connectivity index (χ0n) is 17.3. The van der Waals surface area contributed by atoms with E-state index < -0.39 is 11.9 Å². The highest BCUT2D eigenvalue weighted by molar-refractivity contribution is 7.99. The maximum absolute atomic E-state index is 14.9. The second-order valence-electron chi connectivity index (χ2n) is 8.00. The van der Waals surface area contributed by atoms with Crippen molar-refractivity contribution < 1.29 is 14.3 Å². The second kappa shape index (κ2) is 8.30. The van der Waals surface area contributed by atoms with E-state index >= 15 is 0 Å². The molecule has 0 aliphatic heterocycles. The molecule has 1 aliphatic rings. The number of fused-ring (bicyclic) bond motifs is 1. The molecule has 1 saturated carbocycles. The minimum absolute atomic E-state index is 0.0579. The maximum Gasteiger partial charge on any atom is 0.335 e. The molecule has 1 aliphatic carbocycles. The van der Waals surface area contributed by atoms with Crippen LogP contribution in [0.25, 0.3) is 22.0 Å². The number of carboxylic acids is 1. The smallest absolute Gasteiger partial charge is 0.335 e. The quantitative estimate of drug-likeness (QED) is 0.302. The molecule has 2 aromatic carbocycles. The molecule has 0 radical (unpaired) electrons. The molecule has 0 bridgehead atoms. The number of nitrogens with one attached hydrogen (secondary N) is 1. The molecule has 5 nitrogen and oxygen atoms in total. The number of hydrogen-bond donors (Lipinski definition) is 2. The summed E-state index contributed by atoms with van der Waals surface area (Å²) in [6.07, 6.45) is 5.39. The minimum Gasteiger partial charge on any atom is -0.478 e. The van der Waals surface area contributed by atoms with Crippen LogP contribution < -0.4 is 0 Å². The first-order valence-electron chi connectivity index (χ1n) is 10.5. The molecule has 164 valence electrons. The van der Waals surface area contributed by atoms with Crippen molar-refractivity contribution in [2.24, 2.45) is 0 Å². The highest BCUT2D eigenvalue weighted by Crippen LogP contribution is 2.51. The van der Waals surface area contributed by atoms with Gasteiger partial charge < -0.3 is 10.1 Å². The predicted octanol–water partition coefficient (Wildman–Crippen LogP) is 6.52. The van der Waals surface area contributed by atoms with Crippen LogP contribution in [-0.4, -0.2) is 31.2 Å². The number of halogens is 2. The lowest BCUT2D eigenvalue weighted by Crippen LogP contribution is -1.96. The molecule has 32 heavy (non-hydrogen) atoms. The number of rotatable bonds is 7. The van der Waals surface area contributed by atoms with E-state index in [1.165, 1.54) is 11.8 Å². The summed E-state index contributed by atoms with van der Waals surface area (Å²) in [6, 6.07) is 10.9. The number of nitrogens with zero attached hydrogens (tertiary/aromatic N) is 2. The van der Waals surface area contributed by atoms with Gasteiger partial charge in [-0.25, -0.2) is 4.79 Å². The van der Waals surface area contributed by atoms with E-state index in [9.17, 15) is 14.3 Å². The Morgan fingerprint density at radius 2 is 2.19 bits per heavy atom. The van der Waals surface area contributed by atoms with Crippen LogP contribution in [0.2, 0.25) is 0 Å². The van der Waals surface area contributed by atoms with E-state index in [1.54, 1.807) is 29.1 Å². The van der Waals surface area contributed by atoms with Crippen LogP contribution in [0.1, 0.15) is 41.6 Å². The number of aromatic carboxylic acids is 1. The SMILES string of the molecule is CCCn1cc(-c2c(C3CC3Cl)ccc3c(Sc4cccc(C(=O)O)c4)c[nH]c23)c(F)n1. The van der Waals surface area contributed by atoms with Crippen LogP contribution in [0, 0.1) is 5.95 Å². The average molecular weight is 470 g/mol. The van der Waals surface area contributed by atoms with Crippen LogP contribution >= 0.6 is 23.4 Å².